The van der Waals surface area contributed by atoms with E-state index in [1.165, 1.54) is 17.5 Å². The van der Waals surface area contributed by atoms with Crippen molar-refractivity contribution in [3.8, 4) is 0 Å². The van der Waals surface area contributed by atoms with Crippen molar-refractivity contribution in [3.63, 3.8) is 0 Å². The highest BCUT2D eigenvalue weighted by molar-refractivity contribution is 6.14. The van der Waals surface area contributed by atoms with Gasteiger partial charge >= 0.3 is 0 Å². The van der Waals surface area contributed by atoms with Crippen LogP contribution in [0.4, 0.5) is 15.9 Å². The molecule has 0 fully saturated rings. The zero-order valence-electron chi connectivity index (χ0n) is 20.3. The van der Waals surface area contributed by atoms with Crippen molar-refractivity contribution < 1.29 is 4.39 Å². The molecule has 6 heteroatoms. The molecular weight excluding hydrogens is 437 g/mol. The molecule has 2 heterocycles. The minimum Gasteiger partial charge on any atom is -0.337 e. The molecule has 0 saturated carbocycles. The minimum absolute atomic E-state index is 0.311. The molecule has 0 amide bonds. The molecule has 5 rings (SSSR count). The summed E-state index contributed by atoms with van der Waals surface area (Å²) >= 11 is 0. The van der Waals surface area contributed by atoms with Gasteiger partial charge in [0.1, 0.15) is 18.0 Å². The summed E-state index contributed by atoms with van der Waals surface area (Å²) in [5.41, 5.74) is 8.80. The number of benzene rings is 3. The van der Waals surface area contributed by atoms with E-state index in [0.717, 1.165) is 58.3 Å². The van der Waals surface area contributed by atoms with Crippen LogP contribution in [0, 0.1) is 12.7 Å². The topological polar surface area (TPSA) is 62.5 Å². The van der Waals surface area contributed by atoms with E-state index < -0.39 is 0 Å². The maximum absolute atomic E-state index is 15.1. The molecule has 176 valence electrons. The minimum atomic E-state index is -0.311. The predicted octanol–water partition coefficient (Wildman–Crippen LogP) is 6.93. The number of nitrogens with zero attached hydrogens (tertiary/aromatic N) is 4. The molecule has 0 spiro atoms. The van der Waals surface area contributed by atoms with Gasteiger partial charge in [-0.05, 0) is 84.8 Å². The van der Waals surface area contributed by atoms with Gasteiger partial charge < -0.3 is 5.32 Å². The van der Waals surface area contributed by atoms with Gasteiger partial charge in [-0.1, -0.05) is 37.6 Å². The van der Waals surface area contributed by atoms with Crippen LogP contribution >= 0.6 is 0 Å². The molecule has 35 heavy (non-hydrogen) atoms. The quantitative estimate of drug-likeness (QED) is 0.322. The standard InChI is InChI=1S/C29H28FN5/c1-4-6-22-16-28-24(11-18(22)2)29(32-17-31-28)33-26-10-9-21(15-25(26)30)13-20-7-5-8-23(14-20)27-12-19(3)34-35-27/h5,7-11,14-17H,4,6,12-13H2,1-3H3,(H,31,32,33). The second kappa shape index (κ2) is 9.74. The van der Waals surface area contributed by atoms with Gasteiger partial charge in [-0.2, -0.15) is 10.2 Å². The molecule has 0 radical (unpaired) electrons. The lowest BCUT2D eigenvalue weighted by atomic mass is 9.99. The molecule has 0 saturated heterocycles. The summed E-state index contributed by atoms with van der Waals surface area (Å²) in [5.74, 6) is 0.296. The lowest BCUT2D eigenvalue weighted by molar-refractivity contribution is 0.630. The van der Waals surface area contributed by atoms with Gasteiger partial charge in [-0.3, -0.25) is 0 Å². The number of hydrogen-bond donors (Lipinski definition) is 1. The van der Waals surface area contributed by atoms with Gasteiger partial charge in [0.25, 0.3) is 0 Å². The summed E-state index contributed by atoms with van der Waals surface area (Å²) in [6.45, 7) is 6.24. The number of halogens is 1. The Hall–Kier alpha value is -3.93. The van der Waals surface area contributed by atoms with Crippen LogP contribution in [-0.4, -0.2) is 21.4 Å². The summed E-state index contributed by atoms with van der Waals surface area (Å²) < 4.78 is 15.1. The van der Waals surface area contributed by atoms with E-state index in [9.17, 15) is 0 Å². The van der Waals surface area contributed by atoms with Gasteiger partial charge in [0, 0.05) is 17.5 Å². The fourth-order valence-electron chi connectivity index (χ4n) is 4.51. The molecule has 1 N–H and O–H groups in total. The van der Waals surface area contributed by atoms with E-state index in [1.54, 1.807) is 12.1 Å². The first-order valence-corrected chi connectivity index (χ1v) is 12.0. The van der Waals surface area contributed by atoms with E-state index in [4.69, 9.17) is 0 Å². The van der Waals surface area contributed by atoms with Crippen LogP contribution in [0.3, 0.4) is 0 Å². The highest BCUT2D eigenvalue weighted by Gasteiger charge is 2.13. The normalized spacial score (nSPS) is 13.1. The molecule has 0 unspecified atom stereocenters. The number of fused-ring (bicyclic) bond motifs is 1. The van der Waals surface area contributed by atoms with Crippen molar-refractivity contribution >= 4 is 33.8 Å². The molecule has 4 aromatic rings. The third-order valence-electron chi connectivity index (χ3n) is 6.33. The van der Waals surface area contributed by atoms with E-state index in [0.29, 0.717) is 17.9 Å². The summed E-state index contributed by atoms with van der Waals surface area (Å²) in [4.78, 5) is 8.82. The maximum atomic E-state index is 15.1. The SMILES string of the molecule is CCCc1cc2ncnc(Nc3ccc(Cc4cccc(C5=NN=C(C)C5)c4)cc3F)c2cc1C. The molecule has 1 aliphatic heterocycles. The first-order valence-electron chi connectivity index (χ1n) is 12.0. The monoisotopic (exact) mass is 465 g/mol. The summed E-state index contributed by atoms with van der Waals surface area (Å²) in [6, 6.07) is 17.7. The number of rotatable bonds is 7. The molecular formula is C29H28FN5. The van der Waals surface area contributed by atoms with Crippen molar-refractivity contribution in [2.75, 3.05) is 5.32 Å². The van der Waals surface area contributed by atoms with Crippen LogP contribution in [0.5, 0.6) is 0 Å². The smallest absolute Gasteiger partial charge is 0.146 e. The van der Waals surface area contributed by atoms with Crippen LogP contribution < -0.4 is 5.32 Å². The summed E-state index contributed by atoms with van der Waals surface area (Å²) in [5, 5.41) is 12.5. The van der Waals surface area contributed by atoms with Crippen molar-refractivity contribution in [1.29, 1.82) is 0 Å². The zero-order valence-corrected chi connectivity index (χ0v) is 20.3. The first-order chi connectivity index (χ1) is 17.0. The highest BCUT2D eigenvalue weighted by Crippen LogP contribution is 2.28. The number of aromatic nitrogens is 2. The van der Waals surface area contributed by atoms with Crippen molar-refractivity contribution in [2.45, 2.75) is 46.5 Å². The third kappa shape index (κ3) is 4.97. The molecule has 1 aromatic heterocycles. The number of hydrogen-bond acceptors (Lipinski definition) is 5. The Kier molecular flexibility index (Phi) is 6.36. The highest BCUT2D eigenvalue weighted by atomic mass is 19.1. The van der Waals surface area contributed by atoms with Crippen LogP contribution in [0.15, 0.2) is 71.1 Å². The second-order valence-electron chi connectivity index (χ2n) is 9.14. The Morgan fingerprint density at radius 2 is 1.80 bits per heavy atom. The molecule has 0 atom stereocenters. The lowest BCUT2D eigenvalue weighted by Crippen LogP contribution is -2.02. The fraction of sp³-hybridized carbons (Fsp3) is 0.241. The van der Waals surface area contributed by atoms with E-state index >= 15 is 4.39 Å². The molecule has 5 nitrogen and oxygen atoms in total. The number of nitrogens with one attached hydrogen (secondary N) is 1. The summed E-state index contributed by atoms with van der Waals surface area (Å²) in [6.07, 6.45) is 5.02. The Morgan fingerprint density at radius 1 is 0.943 bits per heavy atom. The number of anilines is 2. The molecule has 1 aliphatic rings. The van der Waals surface area contributed by atoms with Crippen LogP contribution in [-0.2, 0) is 12.8 Å². The zero-order chi connectivity index (χ0) is 24.4. The van der Waals surface area contributed by atoms with Crippen LogP contribution in [0.25, 0.3) is 10.9 Å². The molecule has 3 aromatic carbocycles. The average Bonchev–Trinajstić information content (AvgIpc) is 3.28. The van der Waals surface area contributed by atoms with Gasteiger partial charge in [-0.25, -0.2) is 14.4 Å². The van der Waals surface area contributed by atoms with Gasteiger partial charge in [-0.15, -0.1) is 0 Å². The Bertz CT molecular complexity index is 1470. The third-order valence-corrected chi connectivity index (χ3v) is 6.33. The largest absolute Gasteiger partial charge is 0.337 e. The number of aryl methyl sites for hydroxylation is 2. The lowest BCUT2D eigenvalue weighted by Gasteiger charge is -2.13. The van der Waals surface area contributed by atoms with Gasteiger partial charge in [0.2, 0.25) is 0 Å². The van der Waals surface area contributed by atoms with Crippen molar-refractivity contribution in [3.05, 3.63) is 94.6 Å². The maximum Gasteiger partial charge on any atom is 0.146 e. The molecule has 0 aliphatic carbocycles. The first kappa shape index (κ1) is 22.8. The summed E-state index contributed by atoms with van der Waals surface area (Å²) in [7, 11) is 0. The predicted molar refractivity (Wildman–Crippen MR) is 141 cm³/mol. The Balaban J connectivity index is 1.36. The fourth-order valence-corrected chi connectivity index (χ4v) is 4.51. The van der Waals surface area contributed by atoms with Gasteiger partial charge in [0.15, 0.2) is 0 Å². The molecule has 0 bridgehead atoms. The average molecular weight is 466 g/mol. The van der Waals surface area contributed by atoms with E-state index in [1.807, 2.05) is 25.1 Å². The van der Waals surface area contributed by atoms with Crippen molar-refractivity contribution in [2.24, 2.45) is 10.2 Å². The van der Waals surface area contributed by atoms with Crippen LogP contribution in [0.2, 0.25) is 0 Å². The van der Waals surface area contributed by atoms with Crippen LogP contribution in [0.1, 0.15) is 54.5 Å². The van der Waals surface area contributed by atoms with E-state index in [2.05, 4.69) is 63.6 Å². The Morgan fingerprint density at radius 3 is 2.57 bits per heavy atom. The second-order valence-corrected chi connectivity index (χ2v) is 9.14. The van der Waals surface area contributed by atoms with Crippen molar-refractivity contribution in [1.82, 2.24) is 9.97 Å². The Labute approximate surface area is 204 Å². The van der Waals surface area contributed by atoms with Gasteiger partial charge in [0.05, 0.1) is 16.9 Å². The van der Waals surface area contributed by atoms with E-state index in [-0.39, 0.29) is 5.82 Å².